The van der Waals surface area contributed by atoms with Crippen molar-refractivity contribution >= 4 is 46.3 Å². The maximum atomic E-state index is 12.6. The van der Waals surface area contributed by atoms with E-state index in [0.717, 1.165) is 0 Å². The number of hydrogen-bond donors (Lipinski definition) is 2. The van der Waals surface area contributed by atoms with Crippen LogP contribution in [0.5, 0.6) is 0 Å². The average molecular weight is 378 g/mol. The lowest BCUT2D eigenvalue weighted by molar-refractivity contribution is -0.131. The van der Waals surface area contributed by atoms with E-state index in [2.05, 4.69) is 10.6 Å². The Hall–Kier alpha value is -2.38. The number of nitrogens with one attached hydrogen (secondary N) is 2. The predicted octanol–water partition coefficient (Wildman–Crippen LogP) is 2.37. The fourth-order valence-corrected chi connectivity index (χ4v) is 3.53. The van der Waals surface area contributed by atoms with Gasteiger partial charge in [-0.15, -0.1) is 11.3 Å². The highest BCUT2D eigenvalue weighted by Crippen LogP contribution is 2.19. The Morgan fingerprint density at radius 1 is 1.32 bits per heavy atom. The largest absolute Gasteiger partial charge is 0.353 e. The minimum absolute atomic E-state index is 0.116. The number of carbonyl (C=O) groups is 3. The number of nitrogens with zero attached hydrogens (tertiary/aromatic N) is 1. The summed E-state index contributed by atoms with van der Waals surface area (Å²) < 4.78 is 0. The van der Waals surface area contributed by atoms with E-state index in [-0.39, 0.29) is 24.1 Å². The second-order valence-electron chi connectivity index (χ2n) is 5.55. The normalized spacial score (nSPS) is 17.1. The van der Waals surface area contributed by atoms with Crippen LogP contribution in [0.3, 0.4) is 0 Å². The maximum absolute atomic E-state index is 12.6. The van der Waals surface area contributed by atoms with Crippen molar-refractivity contribution < 1.29 is 14.4 Å². The molecule has 1 fully saturated rings. The van der Waals surface area contributed by atoms with Gasteiger partial charge in [0.1, 0.15) is 6.04 Å². The van der Waals surface area contributed by atoms with Crippen molar-refractivity contribution in [1.82, 2.24) is 10.2 Å². The molecule has 1 aromatic heterocycles. The fourth-order valence-electron chi connectivity index (χ4n) is 2.66. The lowest BCUT2D eigenvalue weighted by atomic mass is 10.1. The summed E-state index contributed by atoms with van der Waals surface area (Å²) in [5.41, 5.74) is 0.546. The molecular weight excluding hydrogens is 362 g/mol. The number of rotatable bonds is 4. The van der Waals surface area contributed by atoms with Crippen LogP contribution in [0.25, 0.3) is 0 Å². The first-order valence-corrected chi connectivity index (χ1v) is 8.98. The maximum Gasteiger partial charge on any atom is 0.264 e. The molecule has 25 heavy (non-hydrogen) atoms. The lowest BCUT2D eigenvalue weighted by Gasteiger charge is -2.34. The number of carbonyl (C=O) groups excluding carboxylic acids is 3. The van der Waals surface area contributed by atoms with E-state index in [4.69, 9.17) is 11.6 Å². The van der Waals surface area contributed by atoms with Crippen LogP contribution in [0.4, 0.5) is 5.69 Å². The Balaban J connectivity index is 1.71. The summed E-state index contributed by atoms with van der Waals surface area (Å²) >= 11 is 7.21. The van der Waals surface area contributed by atoms with Crippen molar-refractivity contribution in [2.45, 2.75) is 12.5 Å². The third kappa shape index (κ3) is 4.18. The van der Waals surface area contributed by atoms with E-state index in [1.807, 2.05) is 0 Å². The van der Waals surface area contributed by atoms with E-state index in [9.17, 15) is 14.4 Å². The predicted molar refractivity (Wildman–Crippen MR) is 96.9 cm³/mol. The van der Waals surface area contributed by atoms with E-state index >= 15 is 0 Å². The quantitative estimate of drug-likeness (QED) is 0.858. The number of halogens is 1. The van der Waals surface area contributed by atoms with Crippen LogP contribution in [0.2, 0.25) is 5.02 Å². The molecule has 0 saturated carbocycles. The molecule has 1 aromatic carbocycles. The zero-order chi connectivity index (χ0) is 17.8. The Morgan fingerprint density at radius 2 is 2.16 bits per heavy atom. The van der Waals surface area contributed by atoms with E-state index < -0.39 is 6.04 Å². The molecule has 2 heterocycles. The van der Waals surface area contributed by atoms with Gasteiger partial charge in [-0.25, -0.2) is 0 Å². The molecular formula is C17H16ClN3O3S. The summed E-state index contributed by atoms with van der Waals surface area (Å²) in [6.45, 7) is 0.750. The summed E-state index contributed by atoms with van der Waals surface area (Å²) in [7, 11) is 0. The van der Waals surface area contributed by atoms with Crippen LogP contribution in [0.15, 0.2) is 41.8 Å². The Labute approximate surface area is 153 Å². The number of hydrogen-bond acceptors (Lipinski definition) is 4. The van der Waals surface area contributed by atoms with Gasteiger partial charge in [0.15, 0.2) is 0 Å². The summed E-state index contributed by atoms with van der Waals surface area (Å²) in [6, 6.07) is 9.41. The number of anilines is 1. The molecule has 2 aromatic rings. The number of thiophene rings is 1. The SMILES string of the molecule is O=C(C[C@@H]1C(=O)NCCN1C(=O)c1cccs1)Nc1cccc(Cl)c1. The van der Waals surface area contributed by atoms with E-state index in [1.165, 1.54) is 16.2 Å². The molecule has 3 amide bonds. The lowest BCUT2D eigenvalue weighted by Crippen LogP contribution is -2.58. The van der Waals surface area contributed by atoms with Crippen molar-refractivity contribution in [3.05, 3.63) is 51.7 Å². The highest BCUT2D eigenvalue weighted by molar-refractivity contribution is 7.12. The van der Waals surface area contributed by atoms with Gasteiger partial charge in [0.2, 0.25) is 11.8 Å². The molecule has 0 bridgehead atoms. The molecule has 1 aliphatic rings. The fraction of sp³-hybridized carbons (Fsp3) is 0.235. The Kier molecular flexibility index (Phi) is 5.35. The minimum atomic E-state index is -0.831. The third-order valence-corrected chi connectivity index (χ3v) is 4.90. The Morgan fingerprint density at radius 3 is 2.88 bits per heavy atom. The van der Waals surface area contributed by atoms with Gasteiger partial charge in [0, 0.05) is 23.8 Å². The van der Waals surface area contributed by atoms with Gasteiger partial charge >= 0.3 is 0 Å². The summed E-state index contributed by atoms with van der Waals surface area (Å²) in [6.07, 6.45) is -0.116. The monoisotopic (exact) mass is 377 g/mol. The number of piperazine rings is 1. The van der Waals surface area contributed by atoms with Gasteiger partial charge in [0.05, 0.1) is 11.3 Å². The molecule has 0 radical (unpaired) electrons. The summed E-state index contributed by atoms with van der Waals surface area (Å²) in [5, 5.41) is 7.72. The van der Waals surface area contributed by atoms with Gasteiger partial charge in [-0.1, -0.05) is 23.7 Å². The van der Waals surface area contributed by atoms with Crippen LogP contribution < -0.4 is 10.6 Å². The van der Waals surface area contributed by atoms with Crippen molar-refractivity contribution in [3.63, 3.8) is 0 Å². The molecule has 1 atom stereocenters. The summed E-state index contributed by atoms with van der Waals surface area (Å²) in [4.78, 5) is 39.2. The van der Waals surface area contributed by atoms with E-state index in [0.29, 0.717) is 28.7 Å². The van der Waals surface area contributed by atoms with Gasteiger partial charge in [0.25, 0.3) is 5.91 Å². The molecule has 8 heteroatoms. The zero-order valence-corrected chi connectivity index (χ0v) is 14.8. The second-order valence-corrected chi connectivity index (χ2v) is 6.93. The second kappa shape index (κ2) is 7.67. The molecule has 0 unspecified atom stereocenters. The topological polar surface area (TPSA) is 78.5 Å². The third-order valence-electron chi connectivity index (χ3n) is 3.81. The van der Waals surface area contributed by atoms with Crippen LogP contribution >= 0.6 is 22.9 Å². The molecule has 6 nitrogen and oxygen atoms in total. The highest BCUT2D eigenvalue weighted by Gasteiger charge is 2.35. The number of amides is 3. The molecule has 0 spiro atoms. The van der Waals surface area contributed by atoms with Crippen LogP contribution in [0, 0.1) is 0 Å². The van der Waals surface area contributed by atoms with Gasteiger partial charge in [-0.2, -0.15) is 0 Å². The van der Waals surface area contributed by atoms with Gasteiger partial charge in [-0.3, -0.25) is 14.4 Å². The smallest absolute Gasteiger partial charge is 0.264 e. The standard InChI is InChI=1S/C17H16ClN3O3S/c18-11-3-1-4-12(9-11)20-15(22)10-13-16(23)19-6-7-21(13)17(24)14-5-2-8-25-14/h1-5,8-9,13H,6-7,10H2,(H,19,23)(H,20,22)/t13-/m1/s1. The van der Waals surface area contributed by atoms with Crippen LogP contribution in [0.1, 0.15) is 16.1 Å². The first-order chi connectivity index (χ1) is 12.0. The molecule has 1 saturated heterocycles. The molecule has 3 rings (SSSR count). The summed E-state index contributed by atoms with van der Waals surface area (Å²) in [5.74, 6) is -0.906. The zero-order valence-electron chi connectivity index (χ0n) is 13.2. The van der Waals surface area contributed by atoms with Gasteiger partial charge < -0.3 is 15.5 Å². The molecule has 0 aliphatic carbocycles. The minimum Gasteiger partial charge on any atom is -0.353 e. The van der Waals surface area contributed by atoms with Crippen molar-refractivity contribution in [3.8, 4) is 0 Å². The highest BCUT2D eigenvalue weighted by atomic mass is 35.5. The first-order valence-electron chi connectivity index (χ1n) is 7.72. The number of benzene rings is 1. The van der Waals surface area contributed by atoms with Crippen molar-refractivity contribution in [2.24, 2.45) is 0 Å². The first kappa shape index (κ1) is 17.4. The van der Waals surface area contributed by atoms with Crippen LogP contribution in [-0.4, -0.2) is 41.8 Å². The molecule has 1 aliphatic heterocycles. The van der Waals surface area contributed by atoms with Crippen LogP contribution in [-0.2, 0) is 9.59 Å². The van der Waals surface area contributed by atoms with Gasteiger partial charge in [-0.05, 0) is 29.6 Å². The average Bonchev–Trinajstić information content (AvgIpc) is 3.10. The Bertz CT molecular complexity index is 794. The van der Waals surface area contributed by atoms with Crippen molar-refractivity contribution in [1.29, 1.82) is 0 Å². The van der Waals surface area contributed by atoms with Crippen molar-refractivity contribution in [2.75, 3.05) is 18.4 Å². The molecule has 2 N–H and O–H groups in total. The molecule has 130 valence electrons. The van der Waals surface area contributed by atoms with E-state index in [1.54, 1.807) is 41.8 Å².